The highest BCUT2D eigenvalue weighted by Gasteiger charge is 2.33. The number of carboxylic acid groups (broad SMARTS) is 1. The van der Waals surface area contributed by atoms with Crippen LogP contribution in [0.5, 0.6) is 0 Å². The van der Waals surface area contributed by atoms with Gasteiger partial charge in [0.2, 0.25) is 0 Å². The molecule has 0 amide bonds. The molecule has 3 nitrogen and oxygen atoms in total. The third kappa shape index (κ3) is 3.58. The van der Waals surface area contributed by atoms with Gasteiger partial charge >= 0.3 is 12.1 Å². The van der Waals surface area contributed by atoms with Crippen molar-refractivity contribution < 1.29 is 23.1 Å². The summed E-state index contributed by atoms with van der Waals surface area (Å²) in [5, 5.41) is 9.18. The van der Waals surface area contributed by atoms with Gasteiger partial charge in [0, 0.05) is 6.54 Å². The minimum absolute atomic E-state index is 0.0381. The van der Waals surface area contributed by atoms with E-state index in [9.17, 15) is 18.0 Å². The average molecular weight is 370 g/mol. The van der Waals surface area contributed by atoms with Crippen molar-refractivity contribution in [1.29, 1.82) is 0 Å². The Morgan fingerprint density at radius 3 is 2.60 bits per heavy atom. The summed E-state index contributed by atoms with van der Waals surface area (Å²) in [4.78, 5) is 13.1. The van der Waals surface area contributed by atoms with Crippen LogP contribution in [-0.2, 0) is 6.18 Å². The SMILES string of the molecule is O=C(O)c1cccc(C2CCCN2c2ccc(C(F)(F)F)cc2Cl)c1. The molecular formula is C18H15ClF3NO2. The predicted molar refractivity (Wildman–Crippen MR) is 89.2 cm³/mol. The van der Waals surface area contributed by atoms with Crippen molar-refractivity contribution in [3.05, 3.63) is 64.2 Å². The zero-order chi connectivity index (χ0) is 18.2. The van der Waals surface area contributed by atoms with Crippen molar-refractivity contribution in [3.63, 3.8) is 0 Å². The van der Waals surface area contributed by atoms with Crippen LogP contribution in [0.2, 0.25) is 5.02 Å². The molecule has 2 aromatic rings. The molecule has 1 unspecified atom stereocenters. The van der Waals surface area contributed by atoms with Crippen LogP contribution in [0.4, 0.5) is 18.9 Å². The van der Waals surface area contributed by atoms with Gasteiger partial charge in [0.25, 0.3) is 0 Å². The molecule has 25 heavy (non-hydrogen) atoms. The molecule has 1 atom stereocenters. The lowest BCUT2D eigenvalue weighted by Crippen LogP contribution is -2.23. The van der Waals surface area contributed by atoms with Gasteiger partial charge in [-0.25, -0.2) is 4.79 Å². The minimum Gasteiger partial charge on any atom is -0.478 e. The summed E-state index contributed by atoms with van der Waals surface area (Å²) in [6.07, 6.45) is -2.82. The Kier molecular flexibility index (Phi) is 4.64. The Balaban J connectivity index is 1.95. The second-order valence-electron chi connectivity index (χ2n) is 5.95. The molecule has 0 spiro atoms. The molecule has 1 aliphatic heterocycles. The van der Waals surface area contributed by atoms with Crippen LogP contribution >= 0.6 is 11.6 Å². The lowest BCUT2D eigenvalue weighted by atomic mass is 10.0. The Hall–Kier alpha value is -2.21. The monoisotopic (exact) mass is 369 g/mol. The van der Waals surface area contributed by atoms with E-state index >= 15 is 0 Å². The van der Waals surface area contributed by atoms with Gasteiger partial charge in [-0.05, 0) is 48.7 Å². The van der Waals surface area contributed by atoms with E-state index in [1.165, 1.54) is 12.1 Å². The van der Waals surface area contributed by atoms with Gasteiger partial charge in [0.05, 0.1) is 27.9 Å². The Morgan fingerprint density at radius 2 is 1.96 bits per heavy atom. The lowest BCUT2D eigenvalue weighted by Gasteiger charge is -2.28. The number of anilines is 1. The van der Waals surface area contributed by atoms with Gasteiger partial charge in [-0.1, -0.05) is 23.7 Å². The summed E-state index contributed by atoms with van der Waals surface area (Å²) < 4.78 is 38.4. The van der Waals surface area contributed by atoms with E-state index in [2.05, 4.69) is 0 Å². The molecule has 0 bridgehead atoms. The lowest BCUT2D eigenvalue weighted by molar-refractivity contribution is -0.137. The van der Waals surface area contributed by atoms with Crippen LogP contribution in [0.15, 0.2) is 42.5 Å². The van der Waals surface area contributed by atoms with Gasteiger partial charge in [-0.2, -0.15) is 13.2 Å². The van der Waals surface area contributed by atoms with Crippen molar-refractivity contribution in [2.24, 2.45) is 0 Å². The van der Waals surface area contributed by atoms with Crippen LogP contribution in [0, 0.1) is 0 Å². The van der Waals surface area contributed by atoms with Crippen LogP contribution in [0.1, 0.15) is 40.4 Å². The number of aromatic carboxylic acids is 1. The van der Waals surface area contributed by atoms with Crippen LogP contribution in [0.3, 0.4) is 0 Å². The van der Waals surface area contributed by atoms with Gasteiger partial charge in [-0.3, -0.25) is 0 Å². The van der Waals surface area contributed by atoms with E-state index < -0.39 is 17.7 Å². The molecule has 1 aliphatic rings. The van der Waals surface area contributed by atoms with Crippen molar-refractivity contribution in [1.82, 2.24) is 0 Å². The van der Waals surface area contributed by atoms with Crippen LogP contribution < -0.4 is 4.90 Å². The van der Waals surface area contributed by atoms with Crippen molar-refractivity contribution in [2.45, 2.75) is 25.1 Å². The molecule has 1 saturated heterocycles. The van der Waals surface area contributed by atoms with Crippen LogP contribution in [-0.4, -0.2) is 17.6 Å². The number of halogens is 4. The molecule has 7 heteroatoms. The molecule has 0 aromatic heterocycles. The highest BCUT2D eigenvalue weighted by molar-refractivity contribution is 6.33. The van der Waals surface area contributed by atoms with E-state index in [1.54, 1.807) is 12.1 Å². The summed E-state index contributed by atoms with van der Waals surface area (Å²) in [5.74, 6) is -1.01. The molecule has 1 fully saturated rings. The quantitative estimate of drug-likeness (QED) is 0.787. The molecule has 3 rings (SSSR count). The van der Waals surface area contributed by atoms with Crippen molar-refractivity contribution in [3.8, 4) is 0 Å². The molecule has 0 radical (unpaired) electrons. The number of nitrogens with zero attached hydrogens (tertiary/aromatic N) is 1. The first-order valence-corrected chi connectivity index (χ1v) is 8.12. The summed E-state index contributed by atoms with van der Waals surface area (Å²) in [6.45, 7) is 0.646. The van der Waals surface area contributed by atoms with Gasteiger partial charge in [0.15, 0.2) is 0 Å². The molecule has 132 valence electrons. The molecule has 0 saturated carbocycles. The van der Waals surface area contributed by atoms with Crippen molar-refractivity contribution >= 4 is 23.3 Å². The summed E-state index contributed by atoms with van der Waals surface area (Å²) in [7, 11) is 0. The first kappa shape index (κ1) is 17.6. The van der Waals surface area contributed by atoms with E-state index in [1.807, 2.05) is 11.0 Å². The largest absolute Gasteiger partial charge is 0.478 e. The average Bonchev–Trinajstić information content (AvgIpc) is 3.03. The smallest absolute Gasteiger partial charge is 0.416 e. The van der Waals surface area contributed by atoms with Gasteiger partial charge < -0.3 is 10.0 Å². The first-order chi connectivity index (χ1) is 11.8. The Morgan fingerprint density at radius 1 is 1.20 bits per heavy atom. The fourth-order valence-electron chi connectivity index (χ4n) is 3.20. The second kappa shape index (κ2) is 6.59. The number of rotatable bonds is 3. The number of carboxylic acids is 1. The maximum atomic E-state index is 12.8. The minimum atomic E-state index is -4.44. The first-order valence-electron chi connectivity index (χ1n) is 7.74. The normalized spacial score (nSPS) is 17.8. The summed E-state index contributed by atoms with van der Waals surface area (Å²) >= 11 is 6.11. The molecule has 0 aliphatic carbocycles. The van der Waals surface area contributed by atoms with Crippen LogP contribution in [0.25, 0.3) is 0 Å². The van der Waals surface area contributed by atoms with Gasteiger partial charge in [-0.15, -0.1) is 0 Å². The van der Waals surface area contributed by atoms with E-state index in [-0.39, 0.29) is 16.6 Å². The number of carbonyl (C=O) groups is 1. The number of hydrogen-bond donors (Lipinski definition) is 1. The maximum Gasteiger partial charge on any atom is 0.416 e. The van der Waals surface area contributed by atoms with E-state index in [4.69, 9.17) is 16.7 Å². The number of benzene rings is 2. The molecule has 2 aromatic carbocycles. The topological polar surface area (TPSA) is 40.5 Å². The summed E-state index contributed by atoms with van der Waals surface area (Å²) in [6, 6.07) is 9.82. The third-order valence-corrected chi connectivity index (χ3v) is 4.66. The zero-order valence-electron chi connectivity index (χ0n) is 13.1. The molecular weight excluding hydrogens is 355 g/mol. The third-order valence-electron chi connectivity index (χ3n) is 4.36. The Bertz CT molecular complexity index is 807. The molecule has 1 heterocycles. The highest BCUT2D eigenvalue weighted by atomic mass is 35.5. The fraction of sp³-hybridized carbons (Fsp3) is 0.278. The maximum absolute atomic E-state index is 12.8. The fourth-order valence-corrected chi connectivity index (χ4v) is 3.49. The van der Waals surface area contributed by atoms with Crippen molar-refractivity contribution in [2.75, 3.05) is 11.4 Å². The zero-order valence-corrected chi connectivity index (χ0v) is 13.8. The summed E-state index contributed by atoms with van der Waals surface area (Å²) in [5.41, 5.74) is 0.735. The number of hydrogen-bond acceptors (Lipinski definition) is 2. The van der Waals surface area contributed by atoms with E-state index in [0.29, 0.717) is 12.2 Å². The highest BCUT2D eigenvalue weighted by Crippen LogP contribution is 2.41. The Labute approximate surface area is 147 Å². The van der Waals surface area contributed by atoms with E-state index in [0.717, 1.165) is 30.5 Å². The number of alkyl halides is 3. The molecule has 1 N–H and O–H groups in total. The van der Waals surface area contributed by atoms with Gasteiger partial charge in [0.1, 0.15) is 0 Å². The predicted octanol–water partition coefficient (Wildman–Crippen LogP) is 5.40. The second-order valence-corrected chi connectivity index (χ2v) is 6.35. The standard InChI is InChI=1S/C18H15ClF3NO2/c19-14-10-13(18(20,21)22)6-7-16(14)23-8-2-5-15(23)11-3-1-4-12(9-11)17(24)25/h1,3-4,6-7,9-10,15H,2,5,8H2,(H,24,25).